The van der Waals surface area contributed by atoms with Gasteiger partial charge in [-0.15, -0.1) is 0 Å². The quantitative estimate of drug-likeness (QED) is 0.600. The van der Waals surface area contributed by atoms with Crippen LogP contribution in [0.4, 0.5) is 0 Å². The molecular formula is C11H9N3O. The summed E-state index contributed by atoms with van der Waals surface area (Å²) in [4.78, 5) is 4.38. The summed E-state index contributed by atoms with van der Waals surface area (Å²) in [6, 6.07) is 9.62. The van der Waals surface area contributed by atoms with Crippen LogP contribution in [0.2, 0.25) is 0 Å². The van der Waals surface area contributed by atoms with Gasteiger partial charge in [-0.3, -0.25) is 0 Å². The zero-order chi connectivity index (χ0) is 10.3. The number of rotatable bonds is 1. The number of hydrogen-bond acceptors (Lipinski definition) is 3. The molecule has 0 bridgehead atoms. The van der Waals surface area contributed by atoms with Gasteiger partial charge in [0.15, 0.2) is 0 Å². The van der Waals surface area contributed by atoms with Gasteiger partial charge in [-0.25, -0.2) is 9.50 Å². The first-order valence-corrected chi connectivity index (χ1v) is 4.66. The van der Waals surface area contributed by atoms with Crippen molar-refractivity contribution in [3.63, 3.8) is 0 Å². The van der Waals surface area contributed by atoms with E-state index in [9.17, 15) is 0 Å². The Morgan fingerprint density at radius 3 is 3.00 bits per heavy atom. The van der Waals surface area contributed by atoms with Gasteiger partial charge in [0.25, 0.3) is 0 Å². The summed E-state index contributed by atoms with van der Waals surface area (Å²) in [7, 11) is 1.61. The van der Waals surface area contributed by atoms with Crippen LogP contribution >= 0.6 is 0 Å². The van der Waals surface area contributed by atoms with Gasteiger partial charge in [0.05, 0.1) is 12.6 Å². The van der Waals surface area contributed by atoms with Gasteiger partial charge in [0.1, 0.15) is 11.0 Å². The lowest BCUT2D eigenvalue weighted by Gasteiger charge is -1.96. The molecule has 0 fully saturated rings. The predicted octanol–water partition coefficient (Wildman–Crippen LogP) is 1.89. The van der Waals surface area contributed by atoms with Crippen LogP contribution in [0, 0.1) is 0 Å². The molecule has 0 atom stereocenters. The van der Waals surface area contributed by atoms with Gasteiger partial charge in [-0.2, -0.15) is 5.10 Å². The number of nitrogens with zero attached hydrogens (tertiary/aromatic N) is 3. The predicted molar refractivity (Wildman–Crippen MR) is 57.0 cm³/mol. The first-order valence-electron chi connectivity index (χ1n) is 4.66. The van der Waals surface area contributed by atoms with E-state index in [0.717, 1.165) is 16.6 Å². The molecule has 0 aliphatic rings. The zero-order valence-corrected chi connectivity index (χ0v) is 8.21. The highest BCUT2D eigenvalue weighted by molar-refractivity contribution is 5.90. The molecule has 0 unspecified atom stereocenters. The van der Waals surface area contributed by atoms with Gasteiger partial charge in [0, 0.05) is 12.3 Å². The van der Waals surface area contributed by atoms with E-state index < -0.39 is 0 Å². The molecule has 4 heteroatoms. The summed E-state index contributed by atoms with van der Waals surface area (Å²) in [5.74, 6) is 0.612. The molecule has 3 aromatic heterocycles. The molecule has 0 amide bonds. The molecule has 15 heavy (non-hydrogen) atoms. The molecule has 0 aliphatic heterocycles. The normalized spacial score (nSPS) is 11.0. The van der Waals surface area contributed by atoms with Gasteiger partial charge < -0.3 is 4.74 Å². The maximum absolute atomic E-state index is 5.09. The Morgan fingerprint density at radius 1 is 1.20 bits per heavy atom. The van der Waals surface area contributed by atoms with Crippen LogP contribution in [0.3, 0.4) is 0 Å². The van der Waals surface area contributed by atoms with Gasteiger partial charge >= 0.3 is 0 Å². The molecule has 3 heterocycles. The van der Waals surface area contributed by atoms with E-state index in [-0.39, 0.29) is 0 Å². The smallest absolute Gasteiger partial charge is 0.213 e. The molecule has 0 radical (unpaired) electrons. The molecule has 3 aromatic rings. The lowest BCUT2D eigenvalue weighted by Crippen LogP contribution is -1.86. The summed E-state index contributed by atoms with van der Waals surface area (Å²) in [6.45, 7) is 0. The second-order valence-electron chi connectivity index (χ2n) is 3.25. The minimum absolute atomic E-state index is 0.612. The van der Waals surface area contributed by atoms with Crippen molar-refractivity contribution < 1.29 is 4.74 Å². The van der Waals surface area contributed by atoms with Crippen LogP contribution in [0.1, 0.15) is 0 Å². The van der Waals surface area contributed by atoms with Crippen LogP contribution in [0.15, 0.2) is 36.5 Å². The van der Waals surface area contributed by atoms with Gasteiger partial charge in [-0.1, -0.05) is 6.07 Å². The molecule has 0 aliphatic carbocycles. The van der Waals surface area contributed by atoms with Gasteiger partial charge in [0.2, 0.25) is 5.88 Å². The van der Waals surface area contributed by atoms with Crippen molar-refractivity contribution >= 4 is 16.6 Å². The van der Waals surface area contributed by atoms with Crippen molar-refractivity contribution in [2.24, 2.45) is 0 Å². The van der Waals surface area contributed by atoms with Crippen molar-refractivity contribution in [2.45, 2.75) is 0 Å². The van der Waals surface area contributed by atoms with Crippen LogP contribution < -0.4 is 4.74 Å². The molecule has 0 saturated carbocycles. The average molecular weight is 199 g/mol. The Labute approximate surface area is 86.1 Å². The van der Waals surface area contributed by atoms with E-state index >= 15 is 0 Å². The minimum Gasteiger partial charge on any atom is -0.481 e. The van der Waals surface area contributed by atoms with Crippen molar-refractivity contribution in [3.8, 4) is 5.88 Å². The topological polar surface area (TPSA) is 39.4 Å². The Balaban J connectivity index is 2.46. The number of aromatic nitrogens is 3. The molecule has 0 aromatic carbocycles. The van der Waals surface area contributed by atoms with E-state index in [0.29, 0.717) is 5.88 Å². The molecule has 0 spiro atoms. The fraction of sp³-hybridized carbons (Fsp3) is 0.0909. The summed E-state index contributed by atoms with van der Waals surface area (Å²) in [5.41, 5.74) is 2.74. The summed E-state index contributed by atoms with van der Waals surface area (Å²) < 4.78 is 6.91. The Hall–Kier alpha value is -2.10. The van der Waals surface area contributed by atoms with E-state index in [2.05, 4.69) is 10.1 Å². The Morgan fingerprint density at radius 2 is 2.13 bits per heavy atom. The lowest BCUT2D eigenvalue weighted by atomic mass is 10.3. The SMILES string of the molecule is COc1ccc2nn3ccccc3c2n1. The second kappa shape index (κ2) is 2.95. The zero-order valence-electron chi connectivity index (χ0n) is 8.21. The third-order valence-electron chi connectivity index (χ3n) is 2.35. The van der Waals surface area contributed by atoms with Crippen LogP contribution in [0.5, 0.6) is 5.88 Å². The first kappa shape index (κ1) is 8.23. The monoisotopic (exact) mass is 199 g/mol. The minimum atomic E-state index is 0.612. The van der Waals surface area contributed by atoms with E-state index in [1.54, 1.807) is 7.11 Å². The third-order valence-corrected chi connectivity index (χ3v) is 2.35. The molecule has 0 N–H and O–H groups in total. The van der Waals surface area contributed by atoms with Crippen molar-refractivity contribution in [1.82, 2.24) is 14.6 Å². The van der Waals surface area contributed by atoms with Crippen LogP contribution in [-0.2, 0) is 0 Å². The Bertz CT molecular complexity index is 630. The maximum Gasteiger partial charge on any atom is 0.213 e. The largest absolute Gasteiger partial charge is 0.481 e. The van der Waals surface area contributed by atoms with Crippen molar-refractivity contribution in [1.29, 1.82) is 0 Å². The molecule has 0 saturated heterocycles. The van der Waals surface area contributed by atoms with Crippen molar-refractivity contribution in [2.75, 3.05) is 7.11 Å². The summed E-state index contributed by atoms with van der Waals surface area (Å²) in [6.07, 6.45) is 1.91. The first-order chi connectivity index (χ1) is 7.38. The van der Waals surface area contributed by atoms with E-state index in [1.807, 2.05) is 41.0 Å². The number of fused-ring (bicyclic) bond motifs is 3. The highest BCUT2D eigenvalue weighted by Gasteiger charge is 2.06. The molecular weight excluding hydrogens is 190 g/mol. The van der Waals surface area contributed by atoms with Crippen LogP contribution in [0.25, 0.3) is 16.6 Å². The van der Waals surface area contributed by atoms with Crippen molar-refractivity contribution in [3.05, 3.63) is 36.5 Å². The maximum atomic E-state index is 5.09. The van der Waals surface area contributed by atoms with E-state index in [4.69, 9.17) is 4.74 Å². The fourth-order valence-electron chi connectivity index (χ4n) is 1.64. The Kier molecular flexibility index (Phi) is 1.62. The number of hydrogen-bond donors (Lipinski definition) is 0. The fourth-order valence-corrected chi connectivity index (χ4v) is 1.64. The standard InChI is InChI=1S/C11H9N3O/c1-15-10-6-5-8-11(12-10)9-4-2-3-7-14(9)13-8/h2-7H,1H3. The molecule has 74 valence electrons. The number of pyridine rings is 2. The highest BCUT2D eigenvalue weighted by atomic mass is 16.5. The lowest BCUT2D eigenvalue weighted by molar-refractivity contribution is 0.399. The summed E-state index contributed by atoms with van der Waals surface area (Å²) in [5, 5.41) is 4.39. The number of methoxy groups -OCH3 is 1. The van der Waals surface area contributed by atoms with Gasteiger partial charge in [-0.05, 0) is 18.2 Å². The highest BCUT2D eigenvalue weighted by Crippen LogP contribution is 2.19. The summed E-state index contributed by atoms with van der Waals surface area (Å²) >= 11 is 0. The molecule has 4 nitrogen and oxygen atoms in total. The van der Waals surface area contributed by atoms with Crippen LogP contribution in [-0.4, -0.2) is 21.7 Å². The molecule has 3 rings (SSSR count). The second-order valence-corrected chi connectivity index (χ2v) is 3.25. The van der Waals surface area contributed by atoms with E-state index in [1.165, 1.54) is 0 Å². The number of ether oxygens (including phenoxy) is 1. The third kappa shape index (κ3) is 1.15. The average Bonchev–Trinajstić information content (AvgIpc) is 2.66.